The number of aliphatic imine (C=N–C) groups is 1. The van der Waals surface area contributed by atoms with Gasteiger partial charge in [0, 0.05) is 11.9 Å². The minimum absolute atomic E-state index is 0.0426. The van der Waals surface area contributed by atoms with Crippen LogP contribution in [0, 0.1) is 16.2 Å². The van der Waals surface area contributed by atoms with E-state index in [1.165, 1.54) is 6.21 Å². The van der Waals surface area contributed by atoms with Crippen molar-refractivity contribution < 1.29 is 9.53 Å². The van der Waals surface area contributed by atoms with Crippen molar-refractivity contribution in [3.63, 3.8) is 0 Å². The summed E-state index contributed by atoms with van der Waals surface area (Å²) in [5.41, 5.74) is 0.712. The van der Waals surface area contributed by atoms with Crippen molar-refractivity contribution >= 4 is 17.9 Å². The Hall–Kier alpha value is -1.59. The number of nitrogens with one attached hydrogen (secondary N) is 1. The molecule has 0 amide bonds. The van der Waals surface area contributed by atoms with E-state index in [2.05, 4.69) is 10.2 Å². The molecule has 0 radical (unpaired) electrons. The Morgan fingerprint density at radius 1 is 1.65 bits per heavy atom. The Morgan fingerprint density at radius 2 is 2.41 bits per heavy atom. The number of carbonyl (C=O) groups is 1. The van der Waals surface area contributed by atoms with Crippen molar-refractivity contribution in [2.24, 2.45) is 16.1 Å². The molecule has 0 aromatic heterocycles. The molecule has 0 aromatic rings. The van der Waals surface area contributed by atoms with Gasteiger partial charge in [0.05, 0.1) is 12.5 Å². The predicted molar refractivity (Wildman–Crippen MR) is 64.6 cm³/mol. The van der Waals surface area contributed by atoms with Crippen molar-refractivity contribution in [3.8, 4) is 0 Å². The number of esters is 1. The second-order valence-electron chi connectivity index (χ2n) is 3.87. The highest BCUT2D eigenvalue weighted by atomic mass is 16.5. The van der Waals surface area contributed by atoms with Gasteiger partial charge >= 0.3 is 5.97 Å². The minimum Gasteiger partial charge on any atom is -0.465 e. The number of carbonyl (C=O) groups excluding carboxylic acids is 1. The van der Waals surface area contributed by atoms with Gasteiger partial charge in [0.25, 0.3) is 0 Å². The van der Waals surface area contributed by atoms with Crippen LogP contribution in [0.25, 0.3) is 0 Å². The maximum absolute atomic E-state index is 11.2. The molecule has 0 aliphatic heterocycles. The molecule has 0 aromatic carbocycles. The average Bonchev–Trinajstić information content (AvgIpc) is 2.36. The lowest BCUT2D eigenvalue weighted by molar-refractivity contribution is -0.141. The lowest BCUT2D eigenvalue weighted by Gasteiger charge is -2.24. The number of ether oxygens (including phenoxy) is 1. The first-order chi connectivity index (χ1) is 8.22. The SMILES string of the molecule is CCOC(=O)CN=C1CCCC(N=O)C1C=N. The third-order valence-electron chi connectivity index (χ3n) is 2.76. The standard InChI is InChI=1S/C11H17N3O3/c1-2-17-11(15)7-13-9-4-3-5-10(14-16)8(9)6-12/h6,8,10,12H,2-5,7H2,1H3. The summed E-state index contributed by atoms with van der Waals surface area (Å²) in [6, 6.07) is -0.415. The van der Waals surface area contributed by atoms with Crippen LogP contribution in [0.2, 0.25) is 0 Å². The Bertz CT molecular complexity index is 328. The van der Waals surface area contributed by atoms with Gasteiger partial charge in [-0.05, 0) is 26.2 Å². The van der Waals surface area contributed by atoms with Gasteiger partial charge < -0.3 is 10.1 Å². The third-order valence-corrected chi connectivity index (χ3v) is 2.76. The first-order valence-electron chi connectivity index (χ1n) is 5.74. The number of nitroso groups, excluding NO2 is 1. The molecule has 2 unspecified atom stereocenters. The van der Waals surface area contributed by atoms with Crippen LogP contribution in [0.5, 0.6) is 0 Å². The summed E-state index contributed by atoms with van der Waals surface area (Å²) in [5.74, 6) is -0.736. The van der Waals surface area contributed by atoms with Crippen LogP contribution in [-0.2, 0) is 9.53 Å². The highest BCUT2D eigenvalue weighted by Gasteiger charge is 2.29. The van der Waals surface area contributed by atoms with E-state index in [9.17, 15) is 9.70 Å². The molecule has 2 atom stereocenters. The molecule has 0 heterocycles. The smallest absolute Gasteiger partial charge is 0.327 e. The quantitative estimate of drug-likeness (QED) is 0.448. The summed E-state index contributed by atoms with van der Waals surface area (Å²) in [7, 11) is 0. The van der Waals surface area contributed by atoms with Crippen molar-refractivity contribution in [3.05, 3.63) is 4.91 Å². The first kappa shape index (κ1) is 13.5. The van der Waals surface area contributed by atoms with Crippen molar-refractivity contribution in [2.75, 3.05) is 13.2 Å². The zero-order valence-corrected chi connectivity index (χ0v) is 9.89. The number of hydrogen-bond donors (Lipinski definition) is 1. The molecule has 1 N–H and O–H groups in total. The van der Waals surface area contributed by atoms with Crippen LogP contribution in [-0.4, -0.2) is 37.1 Å². The summed E-state index contributed by atoms with van der Waals surface area (Å²) < 4.78 is 4.77. The first-order valence-corrected chi connectivity index (χ1v) is 5.74. The molecule has 1 aliphatic rings. The fourth-order valence-electron chi connectivity index (χ4n) is 1.94. The zero-order valence-electron chi connectivity index (χ0n) is 9.89. The van der Waals surface area contributed by atoms with Crippen LogP contribution >= 0.6 is 0 Å². The fraction of sp³-hybridized carbons (Fsp3) is 0.727. The molecule has 1 saturated carbocycles. The molecule has 6 heteroatoms. The summed E-state index contributed by atoms with van der Waals surface area (Å²) >= 11 is 0. The van der Waals surface area contributed by atoms with E-state index >= 15 is 0 Å². The molecular weight excluding hydrogens is 222 g/mol. The van der Waals surface area contributed by atoms with E-state index in [0.717, 1.165) is 6.42 Å². The van der Waals surface area contributed by atoms with E-state index < -0.39 is 6.04 Å². The number of rotatable bonds is 5. The second kappa shape index (κ2) is 6.88. The van der Waals surface area contributed by atoms with Crippen LogP contribution in [0.1, 0.15) is 26.2 Å². The molecule has 0 bridgehead atoms. The molecule has 94 valence electrons. The van der Waals surface area contributed by atoms with Crippen molar-refractivity contribution in [1.29, 1.82) is 5.41 Å². The van der Waals surface area contributed by atoms with E-state index in [0.29, 0.717) is 25.2 Å². The van der Waals surface area contributed by atoms with Gasteiger partial charge in [-0.3, -0.25) is 9.79 Å². The molecule has 0 spiro atoms. The number of hydrogen-bond acceptors (Lipinski definition) is 6. The Morgan fingerprint density at radius 3 is 3.00 bits per heavy atom. The van der Waals surface area contributed by atoms with Gasteiger partial charge in [-0.2, -0.15) is 4.91 Å². The molecule has 1 aliphatic carbocycles. The Labute approximate surface area is 99.9 Å². The van der Waals surface area contributed by atoms with Crippen LogP contribution in [0.4, 0.5) is 0 Å². The highest BCUT2D eigenvalue weighted by Crippen LogP contribution is 2.23. The fourth-order valence-corrected chi connectivity index (χ4v) is 1.94. The van der Waals surface area contributed by atoms with Gasteiger partial charge in [0.1, 0.15) is 12.6 Å². The van der Waals surface area contributed by atoms with Crippen LogP contribution in [0.3, 0.4) is 0 Å². The third kappa shape index (κ3) is 3.72. The maximum Gasteiger partial charge on any atom is 0.327 e. The van der Waals surface area contributed by atoms with E-state index in [4.69, 9.17) is 10.1 Å². The van der Waals surface area contributed by atoms with Crippen LogP contribution in [0.15, 0.2) is 10.2 Å². The summed E-state index contributed by atoms with van der Waals surface area (Å²) in [4.78, 5) is 25.9. The highest BCUT2D eigenvalue weighted by molar-refractivity contribution is 6.00. The lowest BCUT2D eigenvalue weighted by Crippen LogP contribution is -2.33. The summed E-state index contributed by atoms with van der Waals surface area (Å²) in [6.45, 7) is 2.02. The van der Waals surface area contributed by atoms with Gasteiger partial charge in [-0.1, -0.05) is 5.18 Å². The zero-order chi connectivity index (χ0) is 12.7. The topological polar surface area (TPSA) is 91.9 Å². The lowest BCUT2D eigenvalue weighted by atomic mass is 9.84. The molecule has 6 nitrogen and oxygen atoms in total. The Kier molecular flexibility index (Phi) is 5.45. The monoisotopic (exact) mass is 239 g/mol. The van der Waals surface area contributed by atoms with Gasteiger partial charge in [-0.15, -0.1) is 0 Å². The van der Waals surface area contributed by atoms with Gasteiger partial charge in [0.15, 0.2) is 0 Å². The molecule has 1 fully saturated rings. The Balaban J connectivity index is 2.66. The summed E-state index contributed by atoms with van der Waals surface area (Å²) in [6.07, 6.45) is 3.41. The van der Waals surface area contributed by atoms with E-state index in [1.807, 2.05) is 0 Å². The van der Waals surface area contributed by atoms with Crippen molar-refractivity contribution in [1.82, 2.24) is 0 Å². The maximum atomic E-state index is 11.2. The van der Waals surface area contributed by atoms with Gasteiger partial charge in [0.2, 0.25) is 0 Å². The predicted octanol–water partition coefficient (Wildman–Crippen LogP) is 1.58. The average molecular weight is 239 g/mol. The molecule has 0 saturated heterocycles. The molecular formula is C11H17N3O3. The van der Waals surface area contributed by atoms with Crippen molar-refractivity contribution in [2.45, 2.75) is 32.2 Å². The van der Waals surface area contributed by atoms with E-state index in [1.54, 1.807) is 6.92 Å². The minimum atomic E-state index is -0.415. The van der Waals surface area contributed by atoms with Gasteiger partial charge in [-0.25, -0.2) is 0 Å². The number of nitrogens with zero attached hydrogens (tertiary/aromatic N) is 2. The second-order valence-corrected chi connectivity index (χ2v) is 3.87. The normalized spacial score (nSPS) is 26.5. The van der Waals surface area contributed by atoms with Crippen LogP contribution < -0.4 is 0 Å². The van der Waals surface area contributed by atoms with E-state index in [-0.39, 0.29) is 18.4 Å². The summed E-state index contributed by atoms with van der Waals surface area (Å²) in [5, 5.41) is 10.3. The molecule has 17 heavy (non-hydrogen) atoms. The largest absolute Gasteiger partial charge is 0.465 e. The molecule has 1 rings (SSSR count).